The number of rotatable bonds is 8. The second-order valence-electron chi connectivity index (χ2n) is 6.46. The molecular weight excluding hydrogens is 393 g/mol. The topological polar surface area (TPSA) is 131 Å². The molecule has 154 valence electrons. The number of nitrogens with zero attached hydrogens (tertiary/aromatic N) is 3. The lowest BCUT2D eigenvalue weighted by Gasteiger charge is -2.20. The predicted octanol–water partition coefficient (Wildman–Crippen LogP) is 1.62. The number of carbonyl (C=O) groups excluding carboxylic acids is 1. The van der Waals surface area contributed by atoms with Gasteiger partial charge in [-0.3, -0.25) is 9.78 Å². The van der Waals surface area contributed by atoms with Crippen molar-refractivity contribution in [3.05, 3.63) is 64.8 Å². The number of halogens is 1. The van der Waals surface area contributed by atoms with Crippen molar-refractivity contribution in [3.63, 3.8) is 0 Å². The van der Waals surface area contributed by atoms with Crippen LogP contribution in [0.15, 0.2) is 47.6 Å². The molecule has 0 aliphatic carbocycles. The molecule has 0 bridgehead atoms. The van der Waals surface area contributed by atoms with Gasteiger partial charge in [-0.1, -0.05) is 12.7 Å². The normalized spacial score (nSPS) is 12.6. The van der Waals surface area contributed by atoms with Crippen LogP contribution in [-0.2, 0) is 16.9 Å². The zero-order valence-electron chi connectivity index (χ0n) is 16.3. The van der Waals surface area contributed by atoms with Gasteiger partial charge in [0.1, 0.15) is 22.1 Å². The molecule has 2 aromatic rings. The van der Waals surface area contributed by atoms with E-state index in [9.17, 15) is 9.18 Å². The lowest BCUT2D eigenvalue weighted by atomic mass is 10.0. The van der Waals surface area contributed by atoms with Crippen molar-refractivity contribution in [2.24, 2.45) is 16.5 Å². The number of nitrogens with one attached hydrogen (secondary N) is 2. The first-order valence-corrected chi connectivity index (χ1v) is 9.61. The zero-order valence-corrected chi connectivity index (χ0v) is 17.1. The van der Waals surface area contributed by atoms with Gasteiger partial charge in [0.2, 0.25) is 5.91 Å². The molecule has 0 saturated carbocycles. The first-order chi connectivity index (χ1) is 13.8. The van der Waals surface area contributed by atoms with Crippen LogP contribution < -0.4 is 22.1 Å². The van der Waals surface area contributed by atoms with Crippen molar-refractivity contribution in [3.8, 4) is 0 Å². The van der Waals surface area contributed by atoms with Crippen LogP contribution in [0.5, 0.6) is 0 Å². The molecule has 2 aromatic heterocycles. The molecule has 0 fully saturated rings. The molecule has 6 N–H and O–H groups in total. The number of pyridine rings is 1. The molecule has 10 heteroatoms. The fourth-order valence-electron chi connectivity index (χ4n) is 2.36. The number of guanidine groups is 1. The maximum absolute atomic E-state index is 14.0. The highest BCUT2D eigenvalue weighted by atomic mass is 32.1. The summed E-state index contributed by atoms with van der Waals surface area (Å²) in [6, 6.07) is 2.85. The quantitative estimate of drug-likeness (QED) is 0.293. The molecule has 0 atom stereocenters. The van der Waals surface area contributed by atoms with Gasteiger partial charge >= 0.3 is 0 Å². The molecule has 1 amide bonds. The Morgan fingerprint density at radius 1 is 1.48 bits per heavy atom. The monoisotopic (exact) mass is 417 g/mol. The van der Waals surface area contributed by atoms with E-state index < -0.39 is 11.4 Å². The van der Waals surface area contributed by atoms with Gasteiger partial charge in [0.05, 0.1) is 18.8 Å². The molecule has 29 heavy (non-hydrogen) atoms. The Kier molecular flexibility index (Phi) is 7.57. The predicted molar refractivity (Wildman–Crippen MR) is 113 cm³/mol. The second kappa shape index (κ2) is 9.89. The molecule has 0 unspecified atom stereocenters. The fraction of sp³-hybridized carbons (Fsp3) is 0.263. The first-order valence-electron chi connectivity index (χ1n) is 8.74. The summed E-state index contributed by atoms with van der Waals surface area (Å²) in [6.45, 7) is 7.43. The van der Waals surface area contributed by atoms with Gasteiger partial charge in [0.25, 0.3) is 0 Å². The molecule has 0 spiro atoms. The van der Waals surface area contributed by atoms with Gasteiger partial charge in [-0.25, -0.2) is 14.4 Å². The van der Waals surface area contributed by atoms with Gasteiger partial charge in [-0.2, -0.15) is 0 Å². The van der Waals surface area contributed by atoms with Gasteiger partial charge in [0, 0.05) is 23.3 Å². The maximum atomic E-state index is 14.0. The summed E-state index contributed by atoms with van der Waals surface area (Å²) in [4.78, 5) is 24.1. The van der Waals surface area contributed by atoms with Crippen LogP contribution in [0.1, 0.15) is 30.2 Å². The lowest BCUT2D eigenvalue weighted by molar-refractivity contribution is -0.119. The largest absolute Gasteiger partial charge is 0.370 e. The summed E-state index contributed by atoms with van der Waals surface area (Å²) < 4.78 is 14.0. The minimum atomic E-state index is -0.958. The number of carbonyl (C=O) groups is 1. The van der Waals surface area contributed by atoms with E-state index in [1.54, 1.807) is 26.1 Å². The molecule has 2 rings (SSSR count). The standard InChI is InChI=1S/C19H24FN7OS/c1-4-12(17-26-13(11-29-17)10-24-15(28)8-21)9-25-18(22)27-19(2,3)16-14(20)6-5-7-23-16/h4-7,9,11H,1,8,10,21H2,2-3H3,(H,24,28)(H3,22,25,27)/b12-9+. The van der Waals surface area contributed by atoms with Crippen LogP contribution in [-0.4, -0.2) is 28.4 Å². The molecule has 0 radical (unpaired) electrons. The molecule has 0 aliphatic rings. The van der Waals surface area contributed by atoms with Gasteiger partial charge in [-0.05, 0) is 26.0 Å². The van der Waals surface area contributed by atoms with E-state index >= 15 is 0 Å². The highest BCUT2D eigenvalue weighted by Gasteiger charge is 2.25. The molecule has 0 saturated heterocycles. The number of aromatic nitrogens is 2. The molecule has 2 heterocycles. The SMILES string of the molecule is C=C/C(=C\NC(N)=NC(C)(C)c1ncccc1F)c1nc(CNC(=O)CN)cs1. The van der Waals surface area contributed by atoms with E-state index in [4.69, 9.17) is 11.5 Å². The number of amides is 1. The lowest BCUT2D eigenvalue weighted by Crippen LogP contribution is -2.32. The molecular formula is C19H24FN7OS. The Morgan fingerprint density at radius 2 is 2.24 bits per heavy atom. The molecule has 8 nitrogen and oxygen atoms in total. The van der Waals surface area contributed by atoms with Crippen molar-refractivity contribution < 1.29 is 9.18 Å². The van der Waals surface area contributed by atoms with Crippen LogP contribution >= 0.6 is 11.3 Å². The summed E-state index contributed by atoms with van der Waals surface area (Å²) in [5.74, 6) is -0.614. The zero-order chi connectivity index (χ0) is 21.4. The van der Waals surface area contributed by atoms with Crippen molar-refractivity contribution in [2.75, 3.05) is 6.54 Å². The minimum Gasteiger partial charge on any atom is -0.370 e. The smallest absolute Gasteiger partial charge is 0.234 e. The van der Waals surface area contributed by atoms with Crippen LogP contribution in [0, 0.1) is 5.82 Å². The average molecular weight is 418 g/mol. The number of thiazole rings is 1. The van der Waals surface area contributed by atoms with Crippen LogP contribution in [0.3, 0.4) is 0 Å². The highest BCUT2D eigenvalue weighted by Crippen LogP contribution is 2.25. The van der Waals surface area contributed by atoms with Crippen molar-refractivity contribution in [2.45, 2.75) is 25.9 Å². The number of hydrogen-bond acceptors (Lipinski definition) is 6. The fourth-order valence-corrected chi connectivity index (χ4v) is 3.20. The third-order valence-electron chi connectivity index (χ3n) is 3.78. The summed E-state index contributed by atoms with van der Waals surface area (Å²) in [5.41, 5.74) is 11.8. The highest BCUT2D eigenvalue weighted by molar-refractivity contribution is 7.10. The van der Waals surface area contributed by atoms with Crippen LogP contribution in [0.2, 0.25) is 0 Å². The van der Waals surface area contributed by atoms with E-state index in [1.165, 1.54) is 29.7 Å². The molecule has 0 aliphatic heterocycles. The van der Waals surface area contributed by atoms with Crippen molar-refractivity contribution in [1.29, 1.82) is 0 Å². The van der Waals surface area contributed by atoms with E-state index in [-0.39, 0.29) is 30.7 Å². The molecule has 0 aromatic carbocycles. The summed E-state index contributed by atoms with van der Waals surface area (Å²) in [7, 11) is 0. The summed E-state index contributed by atoms with van der Waals surface area (Å²) >= 11 is 1.39. The number of hydrogen-bond donors (Lipinski definition) is 4. The van der Waals surface area contributed by atoms with Crippen molar-refractivity contribution in [1.82, 2.24) is 20.6 Å². The Hall–Kier alpha value is -3.11. The van der Waals surface area contributed by atoms with E-state index in [0.717, 1.165) is 0 Å². The Balaban J connectivity index is 2.11. The summed E-state index contributed by atoms with van der Waals surface area (Å²) in [5, 5.41) is 8.04. The van der Waals surface area contributed by atoms with Crippen LogP contribution in [0.25, 0.3) is 5.57 Å². The van der Waals surface area contributed by atoms with Gasteiger partial charge < -0.3 is 22.1 Å². The number of aliphatic imine (C=N–C) groups is 1. The Labute approximate surface area is 172 Å². The Bertz CT molecular complexity index is 936. The second-order valence-corrected chi connectivity index (χ2v) is 7.32. The van der Waals surface area contributed by atoms with Crippen molar-refractivity contribution >= 4 is 28.8 Å². The number of allylic oxidation sites excluding steroid dienone is 2. The summed E-state index contributed by atoms with van der Waals surface area (Å²) in [6.07, 6.45) is 4.73. The first kappa shape index (κ1) is 22.2. The van der Waals surface area contributed by atoms with E-state index in [0.29, 0.717) is 16.3 Å². The maximum Gasteiger partial charge on any atom is 0.234 e. The third-order valence-corrected chi connectivity index (χ3v) is 4.72. The van der Waals surface area contributed by atoms with E-state index in [1.807, 2.05) is 5.38 Å². The van der Waals surface area contributed by atoms with Crippen LogP contribution in [0.4, 0.5) is 4.39 Å². The third kappa shape index (κ3) is 6.19. The van der Waals surface area contributed by atoms with Gasteiger partial charge in [0.15, 0.2) is 5.96 Å². The average Bonchev–Trinajstić information content (AvgIpc) is 3.15. The van der Waals surface area contributed by atoms with E-state index in [2.05, 4.69) is 32.2 Å². The minimum absolute atomic E-state index is 0.0733. The number of nitrogens with two attached hydrogens (primary N) is 2. The Morgan fingerprint density at radius 3 is 2.90 bits per heavy atom. The van der Waals surface area contributed by atoms with Gasteiger partial charge in [-0.15, -0.1) is 11.3 Å².